The zero-order valence-electron chi connectivity index (χ0n) is 13.2. The molecule has 0 fully saturated rings. The van der Waals surface area contributed by atoms with Gasteiger partial charge in [-0.3, -0.25) is 4.79 Å². The summed E-state index contributed by atoms with van der Waals surface area (Å²) in [6, 6.07) is 0. The van der Waals surface area contributed by atoms with E-state index >= 15 is 0 Å². The summed E-state index contributed by atoms with van der Waals surface area (Å²) in [6.45, 7) is 10.1. The van der Waals surface area contributed by atoms with E-state index in [1.807, 2.05) is 6.92 Å². The standard InChI is InChI=1S/C16H32O3/c1-5-12-18-13-7-6-11-16(17)19-15(4)10-8-9-14(2)3/h14-15H,5-13H2,1-4H3. The summed E-state index contributed by atoms with van der Waals surface area (Å²) in [6.07, 6.45) is 6.75. The summed E-state index contributed by atoms with van der Waals surface area (Å²) >= 11 is 0. The minimum Gasteiger partial charge on any atom is -0.463 e. The Morgan fingerprint density at radius 3 is 2.37 bits per heavy atom. The third-order valence-electron chi connectivity index (χ3n) is 2.99. The Morgan fingerprint density at radius 2 is 1.74 bits per heavy atom. The molecule has 0 rings (SSSR count). The summed E-state index contributed by atoms with van der Waals surface area (Å²) in [4.78, 5) is 11.6. The molecule has 1 atom stereocenters. The van der Waals surface area contributed by atoms with E-state index in [-0.39, 0.29) is 12.1 Å². The van der Waals surface area contributed by atoms with Gasteiger partial charge in [0.05, 0.1) is 6.10 Å². The second-order valence-electron chi connectivity index (χ2n) is 5.69. The molecule has 0 radical (unpaired) electrons. The molecular formula is C16H32O3. The van der Waals surface area contributed by atoms with Crippen LogP contribution >= 0.6 is 0 Å². The first-order valence-corrected chi connectivity index (χ1v) is 7.83. The van der Waals surface area contributed by atoms with Gasteiger partial charge in [0.15, 0.2) is 0 Å². The molecule has 0 aromatic carbocycles. The lowest BCUT2D eigenvalue weighted by Crippen LogP contribution is -2.15. The monoisotopic (exact) mass is 272 g/mol. The van der Waals surface area contributed by atoms with Crippen molar-refractivity contribution in [1.82, 2.24) is 0 Å². The number of hydrogen-bond acceptors (Lipinski definition) is 3. The minimum atomic E-state index is -0.0625. The molecule has 0 aliphatic heterocycles. The van der Waals surface area contributed by atoms with Crippen LogP contribution in [0.5, 0.6) is 0 Å². The molecule has 0 saturated heterocycles. The van der Waals surface area contributed by atoms with E-state index in [1.54, 1.807) is 0 Å². The van der Waals surface area contributed by atoms with Crippen LogP contribution in [0.3, 0.4) is 0 Å². The zero-order valence-corrected chi connectivity index (χ0v) is 13.2. The largest absolute Gasteiger partial charge is 0.463 e. The molecule has 0 N–H and O–H groups in total. The maximum atomic E-state index is 11.6. The molecule has 0 aliphatic rings. The molecule has 3 nitrogen and oxygen atoms in total. The number of unbranched alkanes of at least 4 members (excludes halogenated alkanes) is 1. The van der Waals surface area contributed by atoms with Gasteiger partial charge in [-0.2, -0.15) is 0 Å². The highest BCUT2D eigenvalue weighted by atomic mass is 16.5. The van der Waals surface area contributed by atoms with E-state index in [0.29, 0.717) is 6.42 Å². The van der Waals surface area contributed by atoms with Gasteiger partial charge in [-0.25, -0.2) is 0 Å². The molecule has 0 heterocycles. The molecule has 114 valence electrons. The van der Waals surface area contributed by atoms with Gasteiger partial charge in [0.25, 0.3) is 0 Å². The first-order valence-electron chi connectivity index (χ1n) is 7.83. The molecule has 1 unspecified atom stereocenters. The highest BCUT2D eigenvalue weighted by molar-refractivity contribution is 5.69. The van der Waals surface area contributed by atoms with Crippen LogP contribution in [0.4, 0.5) is 0 Å². The number of hydrogen-bond donors (Lipinski definition) is 0. The summed E-state index contributed by atoms with van der Waals surface area (Å²) < 4.78 is 10.7. The SMILES string of the molecule is CCCOCCCCC(=O)OC(C)CCCC(C)C. The second kappa shape index (κ2) is 12.5. The molecular weight excluding hydrogens is 240 g/mol. The predicted molar refractivity (Wildman–Crippen MR) is 79.2 cm³/mol. The van der Waals surface area contributed by atoms with E-state index < -0.39 is 0 Å². The first-order chi connectivity index (χ1) is 9.06. The van der Waals surface area contributed by atoms with Crippen molar-refractivity contribution in [3.63, 3.8) is 0 Å². The van der Waals surface area contributed by atoms with E-state index in [2.05, 4.69) is 20.8 Å². The van der Waals surface area contributed by atoms with E-state index in [0.717, 1.165) is 51.2 Å². The van der Waals surface area contributed by atoms with Crippen molar-refractivity contribution in [2.24, 2.45) is 5.92 Å². The van der Waals surface area contributed by atoms with Crippen molar-refractivity contribution in [3.05, 3.63) is 0 Å². The molecule has 0 spiro atoms. The fraction of sp³-hybridized carbons (Fsp3) is 0.938. The molecule has 0 bridgehead atoms. The van der Waals surface area contributed by atoms with E-state index in [1.165, 1.54) is 6.42 Å². The maximum absolute atomic E-state index is 11.6. The van der Waals surface area contributed by atoms with Crippen molar-refractivity contribution in [2.75, 3.05) is 13.2 Å². The van der Waals surface area contributed by atoms with E-state index in [4.69, 9.17) is 9.47 Å². The van der Waals surface area contributed by atoms with Gasteiger partial charge in [-0.05, 0) is 44.9 Å². The van der Waals surface area contributed by atoms with Gasteiger partial charge in [0.1, 0.15) is 0 Å². The summed E-state index contributed by atoms with van der Waals surface area (Å²) in [5.41, 5.74) is 0. The Balaban J connectivity index is 3.41. The zero-order chi connectivity index (χ0) is 14.5. The van der Waals surface area contributed by atoms with Gasteiger partial charge >= 0.3 is 5.97 Å². The Bertz CT molecular complexity index is 214. The fourth-order valence-electron chi connectivity index (χ4n) is 1.88. The lowest BCUT2D eigenvalue weighted by molar-refractivity contribution is -0.148. The number of esters is 1. The van der Waals surface area contributed by atoms with Crippen LogP contribution in [0.15, 0.2) is 0 Å². The molecule has 3 heteroatoms. The van der Waals surface area contributed by atoms with Crippen LogP contribution < -0.4 is 0 Å². The van der Waals surface area contributed by atoms with Gasteiger partial charge in [-0.1, -0.05) is 27.2 Å². The topological polar surface area (TPSA) is 35.5 Å². The number of rotatable bonds is 12. The van der Waals surface area contributed by atoms with Crippen molar-refractivity contribution in [1.29, 1.82) is 0 Å². The van der Waals surface area contributed by atoms with Gasteiger partial charge in [0.2, 0.25) is 0 Å². The van der Waals surface area contributed by atoms with Crippen molar-refractivity contribution in [3.8, 4) is 0 Å². The Morgan fingerprint density at radius 1 is 1.00 bits per heavy atom. The predicted octanol–water partition coefficient (Wildman–Crippen LogP) is 4.34. The quantitative estimate of drug-likeness (QED) is 0.391. The molecule has 0 aromatic rings. The lowest BCUT2D eigenvalue weighted by atomic mass is 10.0. The summed E-state index contributed by atoms with van der Waals surface area (Å²) in [5, 5.41) is 0. The number of carbonyl (C=O) groups is 1. The third-order valence-corrected chi connectivity index (χ3v) is 2.99. The Labute approximate surface area is 119 Å². The van der Waals surface area contributed by atoms with E-state index in [9.17, 15) is 4.79 Å². The molecule has 19 heavy (non-hydrogen) atoms. The fourth-order valence-corrected chi connectivity index (χ4v) is 1.88. The lowest BCUT2D eigenvalue weighted by Gasteiger charge is -2.13. The van der Waals surface area contributed by atoms with Crippen molar-refractivity contribution >= 4 is 5.97 Å². The Hall–Kier alpha value is -0.570. The third kappa shape index (κ3) is 13.7. The van der Waals surface area contributed by atoms with Crippen LogP contribution in [0.1, 0.15) is 72.6 Å². The number of ether oxygens (including phenoxy) is 2. The van der Waals surface area contributed by atoms with Crippen LogP contribution in [0, 0.1) is 5.92 Å². The minimum absolute atomic E-state index is 0.0580. The molecule has 0 aliphatic carbocycles. The summed E-state index contributed by atoms with van der Waals surface area (Å²) in [7, 11) is 0. The highest BCUT2D eigenvalue weighted by Crippen LogP contribution is 2.11. The average Bonchev–Trinajstić information content (AvgIpc) is 2.33. The van der Waals surface area contributed by atoms with Crippen molar-refractivity contribution < 1.29 is 14.3 Å². The highest BCUT2D eigenvalue weighted by Gasteiger charge is 2.09. The van der Waals surface area contributed by atoms with Crippen molar-refractivity contribution in [2.45, 2.75) is 78.7 Å². The maximum Gasteiger partial charge on any atom is 0.306 e. The van der Waals surface area contributed by atoms with Gasteiger partial charge in [-0.15, -0.1) is 0 Å². The molecule has 0 amide bonds. The molecule has 0 saturated carbocycles. The van der Waals surface area contributed by atoms with Gasteiger partial charge < -0.3 is 9.47 Å². The van der Waals surface area contributed by atoms with Crippen LogP contribution in [-0.2, 0) is 14.3 Å². The second-order valence-corrected chi connectivity index (χ2v) is 5.69. The van der Waals surface area contributed by atoms with Crippen LogP contribution in [0.2, 0.25) is 0 Å². The smallest absolute Gasteiger partial charge is 0.306 e. The van der Waals surface area contributed by atoms with Crippen LogP contribution in [-0.4, -0.2) is 25.3 Å². The first kappa shape index (κ1) is 18.4. The molecule has 0 aromatic heterocycles. The normalized spacial score (nSPS) is 12.7. The summed E-state index contributed by atoms with van der Waals surface area (Å²) in [5.74, 6) is 0.665. The average molecular weight is 272 g/mol. The number of carbonyl (C=O) groups excluding carboxylic acids is 1. The van der Waals surface area contributed by atoms with Crippen LogP contribution in [0.25, 0.3) is 0 Å². The Kier molecular flexibility index (Phi) is 12.1. The van der Waals surface area contributed by atoms with Gasteiger partial charge in [0, 0.05) is 19.6 Å².